The van der Waals surface area contributed by atoms with E-state index in [9.17, 15) is 5.26 Å². The molecule has 27 nitrogen and oxygen atoms in total. The second-order valence-corrected chi connectivity index (χ2v) is 76.2. The molecule has 0 radical (unpaired) electrons. The number of nitrogens with one attached hydrogen (secondary N) is 10. The molecule has 4 heterocycles. The molecule has 0 spiro atoms. The van der Waals surface area contributed by atoms with E-state index in [1.165, 1.54) is 33.4 Å². The first-order chi connectivity index (χ1) is 81.1. The van der Waals surface area contributed by atoms with Crippen molar-refractivity contribution in [3.63, 3.8) is 0 Å². The van der Waals surface area contributed by atoms with E-state index in [1.807, 2.05) is 27.7 Å². The molecule has 0 bridgehead atoms. The van der Waals surface area contributed by atoms with Crippen LogP contribution in [-0.4, -0.2) is 73.1 Å². The van der Waals surface area contributed by atoms with Crippen molar-refractivity contribution < 1.29 is 81.6 Å². The first-order valence-electron chi connectivity index (χ1n) is 62.8. The molecule has 0 fully saturated rings. The third-order valence-corrected chi connectivity index (χ3v) is 17.2. The average molecular weight is 2360 g/mol. The van der Waals surface area contributed by atoms with Gasteiger partial charge in [-0.05, 0) is 252 Å². The fourth-order valence-corrected chi connectivity index (χ4v) is 12.9. The fourth-order valence-electron chi connectivity index (χ4n) is 12.8. The van der Waals surface area contributed by atoms with Crippen molar-refractivity contribution in [1.82, 2.24) is 59.8 Å². The van der Waals surface area contributed by atoms with Gasteiger partial charge in [0.05, 0.1) is 29.9 Å². The van der Waals surface area contributed by atoms with Crippen LogP contribution < -0.4 is 70.4 Å². The molecule has 4 aromatic heterocycles. The van der Waals surface area contributed by atoms with Crippen LogP contribution in [0.15, 0.2) is 121 Å². The third-order valence-electron chi connectivity index (χ3n) is 17.0. The van der Waals surface area contributed by atoms with Gasteiger partial charge in [-0.15, -0.1) is 24.0 Å². The Morgan fingerprint density at radius 3 is 0.697 bits per heavy atom. The number of benzene rings is 8. The minimum Gasteiger partial charge on any atom is -0.319 e. The number of aryl methyl sites for hydroxylation is 18. The minimum atomic E-state index is -0.353. The number of hydrogen-bond acceptors (Lipinski definition) is 27. The zero-order valence-electron chi connectivity index (χ0n) is 121. The third kappa shape index (κ3) is 31.8. The summed E-state index contributed by atoms with van der Waals surface area (Å²) in [6.07, 6.45) is 0. The van der Waals surface area contributed by atoms with Gasteiger partial charge in [0.25, 0.3) is 0 Å². The number of anilines is 19. The molecule has 0 aliphatic heterocycles. The molecule has 33 heteroatoms. The van der Waals surface area contributed by atoms with E-state index in [4.69, 9.17) is 118 Å². The number of hydrogen-bond donors (Lipinski definition) is 13. The molecule has 0 aliphatic carbocycles. The van der Waals surface area contributed by atoms with E-state index in [1.54, 1.807) is 48.5 Å². The van der Waals surface area contributed by atoms with Gasteiger partial charge in [-0.1, -0.05) is 136 Å². The van der Waals surface area contributed by atoms with Gasteiger partial charge >= 0.3 is 63.7 Å². The van der Waals surface area contributed by atoms with Crippen LogP contribution in [-0.2, 0) is 0 Å². The number of halogens is 6. The van der Waals surface area contributed by atoms with E-state index in [2.05, 4.69) is 347 Å². The Kier molecular flexibility index (Phi) is 27.8. The van der Waals surface area contributed by atoms with E-state index in [-0.39, 0.29) is 87.6 Å². The summed E-state index contributed by atoms with van der Waals surface area (Å²) in [6, 6.07) is 43.7. The molecule has 0 amide bonds. The van der Waals surface area contributed by atoms with Gasteiger partial charge in [-0.3, -0.25) is 0 Å². The van der Waals surface area contributed by atoms with Crippen LogP contribution in [0.5, 0.6) is 0 Å². The normalized spacial score (nSPS) is 11.9. The predicted octanol–water partition coefficient (Wildman–Crippen LogP) is 31.2. The van der Waals surface area contributed by atoms with Gasteiger partial charge in [0.2, 0.25) is 70.7 Å². The zero-order chi connectivity index (χ0) is 137. The summed E-state index contributed by atoms with van der Waals surface area (Å²) < 4.78 is 270. The summed E-state index contributed by atoms with van der Waals surface area (Å²) in [6.45, 7) is 37.5. The first kappa shape index (κ1) is 67.1. The molecule has 16 N–H and O–H groups in total. The largest absolute Gasteiger partial charge is 0.319 e. The van der Waals surface area contributed by atoms with Crippen molar-refractivity contribution in [2.24, 2.45) is 11.5 Å². The van der Waals surface area contributed by atoms with Crippen LogP contribution in [0, 0.1) is 147 Å². The van der Waals surface area contributed by atoms with Gasteiger partial charge in [0.15, 0.2) is 0 Å². The second kappa shape index (κ2) is 49.2. The molecular weight excluding hydrogens is 2080 g/mol. The number of nitrogens with two attached hydrogens (primary N) is 3. The molecule has 0 saturated carbocycles. The maximum atomic E-state index is 9.24. The van der Waals surface area contributed by atoms with Crippen molar-refractivity contribution in [2.75, 3.05) is 72.2 Å². The Balaban J connectivity index is -0.0000000656. The molecule has 0 unspecified atom stereocenters. The number of aromatic nitrogens is 12. The Morgan fingerprint density at radius 2 is 0.496 bits per heavy atom. The molecule has 119 heavy (non-hydrogen) atoms. The van der Waals surface area contributed by atoms with E-state index in [0.29, 0.717) is 70.6 Å². The number of nitrogen functional groups attached to an aromatic ring is 1. The molecule has 0 aliphatic rings. The number of nitrogens with zero attached hydrogens (tertiary/aromatic N) is 14. The van der Waals surface area contributed by atoms with Crippen LogP contribution >= 0.6 is 99.3 Å². The van der Waals surface area contributed by atoms with Crippen molar-refractivity contribution in [3.05, 3.63) is 238 Å². The number of rotatable bonds is 20. The van der Waals surface area contributed by atoms with Gasteiger partial charge in [-0.2, -0.15) is 70.3 Å². The van der Waals surface area contributed by atoms with Crippen LogP contribution in [0.3, 0.4) is 0 Å². The standard InChI is InChI=1S/C41H45N13.C21H24ClN5.C19H19N7.CH6N2.4CH4.I4.HI.28H2/c1-22-14-25(4)33(26(5)15-22)46-39-50-36(49-38(53-39)45-32-12-10-31(20-42)11-13-32)43-21-44-37-51-40(47-34-27(6)16-23(2)17-28(34)7)54-41(52-37)48-35-29(8)18-24(3)19-30(35)9;1-11-7-13(3)17(14(4)8-11)23-20-25-19(22)26-21(27-20)24-18-15(5)9-12(2)10-16(18)6;1-11-8-12(2)16(13(3)9-11)23-19-25-17(21)24-18(26-19)22-15-6-4-14(10-20)5-7-15;2-1-3;;;;;1-4(2)3;;;;;;;;;;;;;;;;;;;;;;;;;;;;;/h10-19H,21H2,1-9H3,(H3,43,45,46,49,50,53)(H3,44,47,48,51,52,54);7-10H,1-6H3,(H2,23,24,25,26,27);4-9H,1-3H3,(H4,21,22,23,24,25,26);1-3H2;4*1H4;;29*1H/i;;;;;;;;;;27*1+2T;1+2. The topological polar surface area (TPSA) is 401 Å². The Labute approximate surface area is 845 Å². The summed E-state index contributed by atoms with van der Waals surface area (Å²) in [4.78, 5) is 53.8. The van der Waals surface area contributed by atoms with E-state index in [0.717, 1.165) is 112 Å². The van der Waals surface area contributed by atoms with E-state index < -0.39 is 0 Å². The second-order valence-electron chi connectivity index (χ2n) is 27.2. The molecular formula is C86H167ClI5N27. The van der Waals surface area contributed by atoms with Crippen molar-refractivity contribution in [1.29, 1.82) is 10.5 Å². The van der Waals surface area contributed by atoms with Gasteiger partial charge in [-0.25, -0.2) is 0 Å². The zero-order valence-corrected chi connectivity index (χ0v) is 79.0. The van der Waals surface area contributed by atoms with Crippen molar-refractivity contribution in [2.45, 2.75) is 154 Å². The molecule has 0 atom stereocenters. The first-order valence-corrected chi connectivity index (χ1v) is 55.0. The minimum absolute atomic E-state index is 0. The SMILES string of the molecule is C.C.C.C.Cc1cc(C)c(Nc2nc(Cl)nc(Nc3c(C)cc(C)cc3C)n2)c(C)c1.Cc1cc(C)c(Nc2nc(N)nc(Nc3ccc(C#N)cc3)n2)c(C)c1.Cc1cc(C)c(Nc2nc(NCNc3nc(Nc4c(C)cc(C)cc4C)nc(Nc4c(C)cc(C)cc4C)n3)nc(Nc3ccc(C#N)cc3)n2)c(C)c1.I.II(I)I.NCN.[3HH].[3H][3H].[3H][3H].[3H][3H].[3H][3H].[3H][3H].[3H][3H].[3H][3H].[3H][3H].[3H][3H].[3H][3H].[3H][3H].[3H][3H].[3H][3H].[3H][3H].[3H][3H].[3H][3H].[3H][3H].[3H][3H].[3H][3H].[3H][3H].[3H][3H].[3H][3H].[3H][3H].[3H][3H].[3H][3H].[3H][3H].[3H][3H]. The van der Waals surface area contributed by atoms with Gasteiger partial charge < -0.3 is 70.4 Å². The summed E-state index contributed by atoms with van der Waals surface area (Å²) in [5.74, 6) is 3.70. The fraction of sp³-hybridized carbons (Fsp3) is 0.279. The maximum absolute atomic E-state index is 9.24. The summed E-state index contributed by atoms with van der Waals surface area (Å²) in [5, 5.41) is 51.1. The summed E-state index contributed by atoms with van der Waals surface area (Å²) in [5.41, 5.74) is 43.8. The van der Waals surface area contributed by atoms with Crippen LogP contribution in [0.2, 0.25) is 5.28 Å². The molecule has 8 aromatic carbocycles. The quantitative estimate of drug-likeness (QED) is 0.0249. The van der Waals surface area contributed by atoms with Gasteiger partial charge in [0.1, 0.15) is 0 Å². The van der Waals surface area contributed by atoms with Crippen molar-refractivity contribution >= 4 is 210 Å². The summed E-state index contributed by atoms with van der Waals surface area (Å²) >= 11 is 13.6. The monoisotopic (exact) mass is 2360 g/mol. The van der Waals surface area contributed by atoms with Crippen molar-refractivity contribution in [3.8, 4) is 12.1 Å². The average Bonchev–Trinajstić information content (AvgIpc) is 0.820. The predicted molar refractivity (Wildman–Crippen MR) is 604 cm³/mol. The molecule has 12 aromatic rings. The Bertz CT molecular complexity index is 5350. The van der Waals surface area contributed by atoms with Gasteiger partial charge in [0, 0.05) is 134 Å². The van der Waals surface area contributed by atoms with Crippen LogP contribution in [0.4, 0.5) is 111 Å². The Morgan fingerprint density at radius 1 is 0.328 bits per heavy atom. The number of nitriles is 2. The summed E-state index contributed by atoms with van der Waals surface area (Å²) in [7, 11) is -0.353. The molecule has 12 rings (SSSR count). The molecule has 0 saturated heterocycles. The van der Waals surface area contributed by atoms with E-state index >= 15 is 0 Å². The maximum Gasteiger partial charge on any atom is 0.0403 e. The van der Waals surface area contributed by atoms with Crippen LogP contribution in [0.1, 0.15) is 223 Å². The van der Waals surface area contributed by atoms with Crippen LogP contribution in [0.25, 0.3) is 0 Å². The molecule has 688 valence electrons. The smallest absolute Gasteiger partial charge is 0.0403 e. The Hall–Kier alpha value is -9.56.